The Hall–Kier alpha value is -1.02. The Balaban J connectivity index is 1.98. The highest BCUT2D eigenvalue weighted by molar-refractivity contribution is 5.29. The molecule has 0 heterocycles. The molecule has 1 atom stereocenters. The second-order valence-corrected chi connectivity index (χ2v) is 6.29. The van der Waals surface area contributed by atoms with Crippen LogP contribution in [0.5, 0.6) is 5.75 Å². The van der Waals surface area contributed by atoms with E-state index in [2.05, 4.69) is 0 Å². The number of aliphatic hydroxyl groups excluding tert-OH is 1. The van der Waals surface area contributed by atoms with E-state index in [1.165, 1.54) is 32.1 Å². The van der Waals surface area contributed by atoms with Gasteiger partial charge in [0.15, 0.2) is 0 Å². The summed E-state index contributed by atoms with van der Waals surface area (Å²) in [5.74, 6) is 1.31. The van der Waals surface area contributed by atoms with Crippen molar-refractivity contribution < 1.29 is 9.84 Å². The number of benzene rings is 1. The summed E-state index contributed by atoms with van der Waals surface area (Å²) in [6, 6.07) is 7.98. The number of ether oxygens (including phenoxy) is 1. The molecule has 1 fully saturated rings. The summed E-state index contributed by atoms with van der Waals surface area (Å²) in [6.07, 6.45) is 8.72. The quantitative estimate of drug-likeness (QED) is 0.850. The maximum atomic E-state index is 10.6. The molecule has 0 aromatic heterocycles. The number of hydrogen-bond donors (Lipinski definition) is 1. The molecule has 0 radical (unpaired) electrons. The van der Waals surface area contributed by atoms with E-state index in [0.29, 0.717) is 5.92 Å². The van der Waals surface area contributed by atoms with E-state index < -0.39 is 0 Å². The molecule has 0 saturated heterocycles. The Morgan fingerprint density at radius 2 is 1.50 bits per heavy atom. The van der Waals surface area contributed by atoms with Crippen molar-refractivity contribution in [2.45, 2.75) is 71.0 Å². The fourth-order valence-electron chi connectivity index (χ4n) is 3.09. The molecule has 1 aromatic carbocycles. The van der Waals surface area contributed by atoms with E-state index in [-0.39, 0.29) is 12.2 Å². The van der Waals surface area contributed by atoms with Crippen LogP contribution >= 0.6 is 0 Å². The molecule has 1 N–H and O–H groups in total. The van der Waals surface area contributed by atoms with Gasteiger partial charge in [0.1, 0.15) is 5.75 Å². The minimum Gasteiger partial charge on any atom is -0.491 e. The largest absolute Gasteiger partial charge is 0.491 e. The van der Waals surface area contributed by atoms with Crippen molar-refractivity contribution in [3.63, 3.8) is 0 Å². The van der Waals surface area contributed by atoms with E-state index >= 15 is 0 Å². The molecular formula is C18H28O2. The van der Waals surface area contributed by atoms with Gasteiger partial charge in [-0.05, 0) is 50.3 Å². The van der Waals surface area contributed by atoms with Gasteiger partial charge in [0, 0.05) is 0 Å². The lowest BCUT2D eigenvalue weighted by molar-refractivity contribution is 0.0912. The number of hydrogen-bond acceptors (Lipinski definition) is 2. The third-order valence-corrected chi connectivity index (χ3v) is 4.19. The van der Waals surface area contributed by atoms with Gasteiger partial charge in [0.2, 0.25) is 0 Å². The third-order valence-electron chi connectivity index (χ3n) is 4.19. The minimum atomic E-state index is -0.318. The monoisotopic (exact) mass is 276 g/mol. The molecule has 1 aliphatic carbocycles. The highest BCUT2D eigenvalue weighted by Gasteiger charge is 2.21. The van der Waals surface area contributed by atoms with Crippen molar-refractivity contribution in [2.24, 2.45) is 5.92 Å². The highest BCUT2D eigenvalue weighted by atomic mass is 16.5. The molecule has 20 heavy (non-hydrogen) atoms. The maximum absolute atomic E-state index is 10.6. The van der Waals surface area contributed by atoms with Gasteiger partial charge in [0.05, 0.1) is 12.2 Å². The van der Waals surface area contributed by atoms with Crippen molar-refractivity contribution in [1.29, 1.82) is 0 Å². The Morgan fingerprint density at radius 3 is 2.05 bits per heavy atom. The highest BCUT2D eigenvalue weighted by Crippen LogP contribution is 2.33. The summed E-state index contributed by atoms with van der Waals surface area (Å²) in [4.78, 5) is 0. The maximum Gasteiger partial charge on any atom is 0.119 e. The lowest BCUT2D eigenvalue weighted by Gasteiger charge is -2.25. The van der Waals surface area contributed by atoms with Gasteiger partial charge in [0.25, 0.3) is 0 Å². The van der Waals surface area contributed by atoms with Gasteiger partial charge < -0.3 is 9.84 Å². The van der Waals surface area contributed by atoms with Crippen LogP contribution in [0.2, 0.25) is 0 Å². The summed E-state index contributed by atoms with van der Waals surface area (Å²) >= 11 is 0. The smallest absolute Gasteiger partial charge is 0.119 e. The Bertz CT molecular complexity index is 375. The van der Waals surface area contributed by atoms with E-state index in [0.717, 1.165) is 24.2 Å². The molecule has 0 spiro atoms. The second kappa shape index (κ2) is 7.68. The van der Waals surface area contributed by atoms with E-state index in [9.17, 15) is 5.11 Å². The molecule has 112 valence electrons. The fourth-order valence-corrected chi connectivity index (χ4v) is 3.09. The van der Waals surface area contributed by atoms with Crippen LogP contribution in [0.25, 0.3) is 0 Å². The van der Waals surface area contributed by atoms with E-state index in [4.69, 9.17) is 4.74 Å². The topological polar surface area (TPSA) is 29.5 Å². The van der Waals surface area contributed by atoms with Crippen molar-refractivity contribution >= 4 is 0 Å². The fraction of sp³-hybridized carbons (Fsp3) is 0.667. The first-order chi connectivity index (χ1) is 9.66. The van der Waals surface area contributed by atoms with Crippen LogP contribution in [0.3, 0.4) is 0 Å². The molecule has 1 aromatic rings. The zero-order valence-electron chi connectivity index (χ0n) is 12.8. The molecule has 2 rings (SSSR count). The molecule has 1 saturated carbocycles. The molecule has 1 aliphatic rings. The molecule has 0 amide bonds. The normalized spacial score (nSPS) is 19.4. The van der Waals surface area contributed by atoms with Crippen LogP contribution in [0.15, 0.2) is 24.3 Å². The average Bonchev–Trinajstić information content (AvgIpc) is 2.38. The van der Waals surface area contributed by atoms with E-state index in [1.807, 2.05) is 38.1 Å². The standard InChI is InChI=1S/C18H28O2/c1-14(2)20-17-12-10-16(11-13-17)18(19)15-8-6-4-3-5-7-9-15/h10-15,18-19H,3-9H2,1-2H3. The van der Waals surface area contributed by atoms with Crippen molar-refractivity contribution in [3.05, 3.63) is 29.8 Å². The Morgan fingerprint density at radius 1 is 0.950 bits per heavy atom. The first-order valence-electron chi connectivity index (χ1n) is 8.11. The van der Waals surface area contributed by atoms with Gasteiger partial charge in [-0.2, -0.15) is 0 Å². The summed E-state index contributed by atoms with van der Waals surface area (Å²) in [5.41, 5.74) is 1.03. The lowest BCUT2D eigenvalue weighted by Crippen LogP contribution is -2.14. The third kappa shape index (κ3) is 4.52. The second-order valence-electron chi connectivity index (χ2n) is 6.29. The predicted octanol–water partition coefficient (Wildman–Crippen LogP) is 4.87. The van der Waals surface area contributed by atoms with Gasteiger partial charge in [-0.15, -0.1) is 0 Å². The number of aliphatic hydroxyl groups is 1. The van der Waals surface area contributed by atoms with Crippen molar-refractivity contribution in [2.75, 3.05) is 0 Å². The molecule has 2 nitrogen and oxygen atoms in total. The molecule has 0 bridgehead atoms. The van der Waals surface area contributed by atoms with Crippen LogP contribution in [-0.2, 0) is 0 Å². The van der Waals surface area contributed by atoms with Gasteiger partial charge >= 0.3 is 0 Å². The van der Waals surface area contributed by atoms with Gasteiger partial charge in [-0.3, -0.25) is 0 Å². The van der Waals surface area contributed by atoms with Crippen molar-refractivity contribution in [1.82, 2.24) is 0 Å². The van der Waals surface area contributed by atoms with Crippen molar-refractivity contribution in [3.8, 4) is 5.75 Å². The molecule has 2 heteroatoms. The molecule has 0 aliphatic heterocycles. The Kier molecular flexibility index (Phi) is 5.90. The molecule has 1 unspecified atom stereocenters. The van der Waals surface area contributed by atoms with Crippen LogP contribution in [-0.4, -0.2) is 11.2 Å². The van der Waals surface area contributed by atoms with Gasteiger partial charge in [-0.25, -0.2) is 0 Å². The summed E-state index contributed by atoms with van der Waals surface area (Å²) in [7, 11) is 0. The zero-order valence-corrected chi connectivity index (χ0v) is 12.8. The first-order valence-corrected chi connectivity index (χ1v) is 8.11. The first kappa shape index (κ1) is 15.4. The summed E-state index contributed by atoms with van der Waals surface area (Å²) < 4.78 is 5.65. The van der Waals surface area contributed by atoms with Gasteiger partial charge in [-0.1, -0.05) is 44.2 Å². The SMILES string of the molecule is CC(C)Oc1ccc(C(O)C2CCCCCCC2)cc1. The number of rotatable bonds is 4. The van der Waals surface area contributed by atoms with Crippen LogP contribution in [0.1, 0.15) is 70.5 Å². The van der Waals surface area contributed by atoms with E-state index in [1.54, 1.807) is 0 Å². The zero-order chi connectivity index (χ0) is 14.4. The summed E-state index contributed by atoms with van der Waals surface area (Å²) in [6.45, 7) is 4.05. The minimum absolute atomic E-state index is 0.191. The summed E-state index contributed by atoms with van der Waals surface area (Å²) in [5, 5.41) is 10.6. The van der Waals surface area contributed by atoms with Crippen LogP contribution in [0, 0.1) is 5.92 Å². The molecular weight excluding hydrogens is 248 g/mol. The Labute approximate surface area is 123 Å². The van der Waals surface area contributed by atoms with Crippen LogP contribution in [0.4, 0.5) is 0 Å². The average molecular weight is 276 g/mol. The predicted molar refractivity (Wildman–Crippen MR) is 83.0 cm³/mol. The van der Waals surface area contributed by atoms with Crippen LogP contribution < -0.4 is 4.74 Å². The lowest BCUT2D eigenvalue weighted by atomic mass is 9.84.